The molecule has 9 nitrogen and oxygen atoms in total. The fourth-order valence-electron chi connectivity index (χ4n) is 3.56. The molecule has 3 N–H and O–H groups in total. The molecule has 0 aliphatic heterocycles. The highest BCUT2D eigenvalue weighted by molar-refractivity contribution is 6.14. The lowest BCUT2D eigenvalue weighted by Crippen LogP contribution is -2.18. The number of nitrogens with two attached hydrogens (primary N) is 1. The lowest BCUT2D eigenvalue weighted by atomic mass is 10.1. The lowest BCUT2D eigenvalue weighted by Gasteiger charge is -2.10. The number of amides is 2. The predicted molar refractivity (Wildman–Crippen MR) is 117 cm³/mol. The number of fused-ring (bicyclic) bond motifs is 1. The minimum atomic E-state index is -0.688. The summed E-state index contributed by atoms with van der Waals surface area (Å²) in [7, 11) is 1.89. The van der Waals surface area contributed by atoms with Crippen molar-refractivity contribution in [2.24, 2.45) is 12.8 Å². The molecule has 0 aliphatic carbocycles. The number of anilines is 1. The summed E-state index contributed by atoms with van der Waals surface area (Å²) in [6, 6.07) is 8.56. The number of hydrogen-bond acceptors (Lipinski definition) is 5. The molecular formula is C22H23N7O2. The quantitative estimate of drug-likeness (QED) is 0.517. The maximum atomic E-state index is 13.2. The number of nitrogens with one attached hydrogen (secondary N) is 1. The van der Waals surface area contributed by atoms with Crippen molar-refractivity contribution in [2.75, 3.05) is 5.32 Å². The van der Waals surface area contributed by atoms with Crippen LogP contribution >= 0.6 is 0 Å². The number of aromatic nitrogens is 5. The number of rotatable bonds is 5. The van der Waals surface area contributed by atoms with E-state index < -0.39 is 5.91 Å². The summed E-state index contributed by atoms with van der Waals surface area (Å²) in [6.45, 7) is 6.29. The van der Waals surface area contributed by atoms with Crippen LogP contribution in [0.1, 0.15) is 43.5 Å². The minimum Gasteiger partial charge on any atom is -0.364 e. The van der Waals surface area contributed by atoms with Gasteiger partial charge in [-0.2, -0.15) is 10.2 Å². The molecule has 4 rings (SSSR count). The van der Waals surface area contributed by atoms with E-state index in [1.807, 2.05) is 49.4 Å². The maximum Gasteiger partial charge on any atom is 0.267 e. The van der Waals surface area contributed by atoms with E-state index in [0.717, 1.165) is 17.0 Å². The van der Waals surface area contributed by atoms with Crippen LogP contribution in [0.2, 0.25) is 0 Å². The van der Waals surface area contributed by atoms with Gasteiger partial charge in [-0.05, 0) is 32.9 Å². The van der Waals surface area contributed by atoms with Crippen LogP contribution in [0.25, 0.3) is 10.9 Å². The first kappa shape index (κ1) is 20.3. The van der Waals surface area contributed by atoms with Gasteiger partial charge in [0.2, 0.25) is 0 Å². The summed E-state index contributed by atoms with van der Waals surface area (Å²) < 4.78 is 3.66. The molecule has 0 spiro atoms. The van der Waals surface area contributed by atoms with Gasteiger partial charge in [0.05, 0.1) is 40.9 Å². The van der Waals surface area contributed by atoms with Gasteiger partial charge in [-0.3, -0.25) is 19.0 Å². The average molecular weight is 417 g/mol. The van der Waals surface area contributed by atoms with E-state index in [2.05, 4.69) is 20.5 Å². The maximum absolute atomic E-state index is 13.2. The van der Waals surface area contributed by atoms with Gasteiger partial charge in [-0.25, -0.2) is 4.98 Å². The predicted octanol–water partition coefficient (Wildman–Crippen LogP) is 2.49. The van der Waals surface area contributed by atoms with E-state index in [0.29, 0.717) is 34.4 Å². The second-order valence-corrected chi connectivity index (χ2v) is 7.47. The Morgan fingerprint density at radius 3 is 2.55 bits per heavy atom. The molecule has 0 atom stereocenters. The van der Waals surface area contributed by atoms with Crippen LogP contribution < -0.4 is 11.1 Å². The lowest BCUT2D eigenvalue weighted by molar-refractivity contribution is 0.0996. The fraction of sp³-hybridized carbons (Fsp3) is 0.227. The van der Waals surface area contributed by atoms with E-state index in [1.54, 1.807) is 18.2 Å². The van der Waals surface area contributed by atoms with Gasteiger partial charge in [0.1, 0.15) is 5.69 Å². The zero-order valence-corrected chi connectivity index (χ0v) is 17.8. The zero-order valence-electron chi connectivity index (χ0n) is 17.8. The van der Waals surface area contributed by atoms with Crippen molar-refractivity contribution in [1.82, 2.24) is 24.5 Å². The summed E-state index contributed by atoms with van der Waals surface area (Å²) in [5, 5.41) is 12.5. The molecule has 0 unspecified atom stereocenters. The highest BCUT2D eigenvalue weighted by atomic mass is 16.2. The highest BCUT2D eigenvalue weighted by Gasteiger charge is 2.19. The average Bonchev–Trinajstić information content (AvgIpc) is 3.20. The summed E-state index contributed by atoms with van der Waals surface area (Å²) in [5.41, 5.74) is 10.6. The standard InChI is InChI=1S/C22H23N7O2/c1-12-20(14(3)29(27-12)11-15-10-24-28(4)13(15)2)26-22(31)17-9-19(21(23)30)25-18-8-6-5-7-16(17)18/h5-10H,11H2,1-4H3,(H2,23,30)(H,26,31). The van der Waals surface area contributed by atoms with Crippen LogP contribution in [0, 0.1) is 20.8 Å². The fourth-order valence-corrected chi connectivity index (χ4v) is 3.56. The number of pyridine rings is 1. The monoisotopic (exact) mass is 417 g/mol. The highest BCUT2D eigenvalue weighted by Crippen LogP contribution is 2.24. The first-order valence-corrected chi connectivity index (χ1v) is 9.78. The van der Waals surface area contributed by atoms with Crippen molar-refractivity contribution in [2.45, 2.75) is 27.3 Å². The van der Waals surface area contributed by atoms with Crippen LogP contribution in [0.3, 0.4) is 0 Å². The minimum absolute atomic E-state index is 0.0417. The zero-order chi connectivity index (χ0) is 22.3. The van der Waals surface area contributed by atoms with E-state index in [4.69, 9.17) is 5.73 Å². The van der Waals surface area contributed by atoms with Crippen molar-refractivity contribution >= 4 is 28.4 Å². The Morgan fingerprint density at radius 1 is 1.13 bits per heavy atom. The third-order valence-electron chi connectivity index (χ3n) is 5.49. The van der Waals surface area contributed by atoms with Crippen molar-refractivity contribution < 1.29 is 9.59 Å². The summed E-state index contributed by atoms with van der Waals surface area (Å²) in [6.07, 6.45) is 1.82. The first-order chi connectivity index (χ1) is 14.8. The van der Waals surface area contributed by atoms with Crippen LogP contribution in [-0.2, 0) is 13.6 Å². The molecule has 0 radical (unpaired) electrons. The van der Waals surface area contributed by atoms with Gasteiger partial charge < -0.3 is 11.1 Å². The Hall–Kier alpha value is -4.01. The number of aryl methyl sites for hydroxylation is 2. The van der Waals surface area contributed by atoms with Crippen LogP contribution in [0.5, 0.6) is 0 Å². The number of primary amides is 1. The SMILES string of the molecule is Cc1nn(Cc2cnn(C)c2C)c(C)c1NC(=O)c1cc(C(N)=O)nc2ccccc12. The Labute approximate surface area is 178 Å². The van der Waals surface area contributed by atoms with Gasteiger partial charge in [0.25, 0.3) is 11.8 Å². The van der Waals surface area contributed by atoms with Gasteiger partial charge in [-0.1, -0.05) is 18.2 Å². The summed E-state index contributed by atoms with van der Waals surface area (Å²) >= 11 is 0. The number of para-hydroxylation sites is 1. The smallest absolute Gasteiger partial charge is 0.267 e. The molecule has 0 saturated carbocycles. The number of carbonyl (C=O) groups excluding carboxylic acids is 2. The second kappa shape index (κ2) is 7.67. The molecule has 31 heavy (non-hydrogen) atoms. The molecule has 3 aromatic heterocycles. The molecular weight excluding hydrogens is 394 g/mol. The molecule has 3 heterocycles. The topological polar surface area (TPSA) is 121 Å². The molecule has 9 heteroatoms. The van der Waals surface area contributed by atoms with Crippen molar-refractivity contribution in [1.29, 1.82) is 0 Å². The third kappa shape index (κ3) is 3.65. The molecule has 2 amide bonds. The van der Waals surface area contributed by atoms with Gasteiger partial charge in [0, 0.05) is 23.7 Å². The van der Waals surface area contributed by atoms with Gasteiger partial charge in [-0.15, -0.1) is 0 Å². The molecule has 0 bridgehead atoms. The van der Waals surface area contributed by atoms with Crippen LogP contribution in [0.4, 0.5) is 5.69 Å². The van der Waals surface area contributed by atoms with Crippen molar-refractivity contribution in [3.63, 3.8) is 0 Å². The number of benzene rings is 1. The molecule has 1 aromatic carbocycles. The third-order valence-corrected chi connectivity index (χ3v) is 5.49. The van der Waals surface area contributed by atoms with Crippen LogP contribution in [0.15, 0.2) is 36.5 Å². The van der Waals surface area contributed by atoms with Crippen LogP contribution in [-0.4, -0.2) is 36.4 Å². The molecule has 4 aromatic rings. The summed E-state index contributed by atoms with van der Waals surface area (Å²) in [5.74, 6) is -1.05. The molecule has 0 saturated heterocycles. The van der Waals surface area contributed by atoms with E-state index in [-0.39, 0.29) is 11.6 Å². The van der Waals surface area contributed by atoms with Crippen molar-refractivity contribution in [3.05, 3.63) is 70.4 Å². The second-order valence-electron chi connectivity index (χ2n) is 7.47. The number of carbonyl (C=O) groups is 2. The Bertz CT molecular complexity index is 1330. The van der Waals surface area contributed by atoms with E-state index in [1.165, 1.54) is 6.07 Å². The molecule has 0 aliphatic rings. The first-order valence-electron chi connectivity index (χ1n) is 9.78. The Kier molecular flexibility index (Phi) is 5.02. The van der Waals surface area contributed by atoms with Gasteiger partial charge in [0.15, 0.2) is 0 Å². The summed E-state index contributed by atoms with van der Waals surface area (Å²) in [4.78, 5) is 29.1. The molecule has 0 fully saturated rings. The van der Waals surface area contributed by atoms with E-state index in [9.17, 15) is 9.59 Å². The largest absolute Gasteiger partial charge is 0.364 e. The molecule has 158 valence electrons. The Morgan fingerprint density at radius 2 is 1.87 bits per heavy atom. The van der Waals surface area contributed by atoms with Crippen molar-refractivity contribution in [3.8, 4) is 0 Å². The normalized spacial score (nSPS) is 11.1. The Balaban J connectivity index is 1.69. The number of hydrogen-bond donors (Lipinski definition) is 2. The van der Waals surface area contributed by atoms with E-state index >= 15 is 0 Å². The number of nitrogens with zero attached hydrogens (tertiary/aromatic N) is 5. The van der Waals surface area contributed by atoms with Gasteiger partial charge >= 0.3 is 0 Å².